The molecule has 0 aliphatic heterocycles. The molecule has 0 heterocycles. The van der Waals surface area contributed by atoms with E-state index in [1.807, 2.05) is 6.92 Å². The molecular formula is C8H17NaO3. The van der Waals surface area contributed by atoms with Crippen molar-refractivity contribution in [1.29, 1.82) is 0 Å². The summed E-state index contributed by atoms with van der Waals surface area (Å²) in [5.41, 5.74) is 0. The molecule has 0 aliphatic rings. The summed E-state index contributed by atoms with van der Waals surface area (Å²) >= 11 is 0. The molecular weight excluding hydrogens is 167 g/mol. The molecule has 68 valence electrons. The van der Waals surface area contributed by atoms with E-state index in [1.54, 1.807) is 0 Å². The van der Waals surface area contributed by atoms with Gasteiger partial charge in [-0.25, -0.2) is 0 Å². The number of rotatable bonds is 7. The van der Waals surface area contributed by atoms with Crippen molar-refractivity contribution in [2.24, 2.45) is 0 Å². The topological polar surface area (TPSA) is 35.5 Å². The molecule has 0 aromatic rings. The molecule has 0 radical (unpaired) electrons. The Morgan fingerprint density at radius 1 is 1.42 bits per heavy atom. The predicted octanol–water partition coefficient (Wildman–Crippen LogP) is -1.52. The quantitative estimate of drug-likeness (QED) is 0.209. The van der Waals surface area contributed by atoms with E-state index in [1.165, 1.54) is 0 Å². The van der Waals surface area contributed by atoms with Crippen LogP contribution in [0.5, 0.6) is 0 Å². The van der Waals surface area contributed by atoms with Crippen LogP contribution in [-0.4, -0.2) is 25.8 Å². The average Bonchev–Trinajstić information content (AvgIpc) is 2.03. The van der Waals surface area contributed by atoms with Gasteiger partial charge in [0.15, 0.2) is 6.29 Å². The van der Waals surface area contributed by atoms with Crippen LogP contribution in [0.15, 0.2) is 0 Å². The first-order valence-electron chi connectivity index (χ1n) is 4.03. The molecule has 0 amide bonds. The van der Waals surface area contributed by atoms with E-state index >= 15 is 0 Å². The monoisotopic (exact) mass is 184 g/mol. The average molecular weight is 184 g/mol. The Hall–Kier alpha value is 0.590. The summed E-state index contributed by atoms with van der Waals surface area (Å²) in [6.45, 7) is 5.01. The van der Waals surface area contributed by atoms with Crippen molar-refractivity contribution in [3.05, 3.63) is 0 Å². The molecule has 0 aliphatic carbocycles. The minimum absolute atomic E-state index is 0. The van der Waals surface area contributed by atoms with Crippen LogP contribution in [0.2, 0.25) is 0 Å². The number of ether oxygens (including phenoxy) is 2. The predicted molar refractivity (Wildman–Crippen MR) is 43.5 cm³/mol. The Morgan fingerprint density at radius 2 is 2.08 bits per heavy atom. The van der Waals surface area contributed by atoms with Crippen LogP contribution in [0, 0.1) is 0 Å². The summed E-state index contributed by atoms with van der Waals surface area (Å²) in [7, 11) is 0. The summed E-state index contributed by atoms with van der Waals surface area (Å²) < 4.78 is 10.0. The molecule has 0 aromatic carbocycles. The fraction of sp³-hybridized carbons (Fsp3) is 0.875. The van der Waals surface area contributed by atoms with Crippen LogP contribution in [0.3, 0.4) is 0 Å². The van der Waals surface area contributed by atoms with Gasteiger partial charge in [-0.3, -0.25) is 4.79 Å². The van der Waals surface area contributed by atoms with Crippen molar-refractivity contribution >= 4 is 6.29 Å². The van der Waals surface area contributed by atoms with Gasteiger partial charge in [0.25, 0.3) is 0 Å². The molecule has 3 nitrogen and oxygen atoms in total. The molecule has 12 heavy (non-hydrogen) atoms. The fourth-order valence-corrected chi connectivity index (χ4v) is 0.635. The molecule has 4 heteroatoms. The van der Waals surface area contributed by atoms with Gasteiger partial charge in [-0.15, -0.1) is 0 Å². The molecule has 0 fully saturated rings. The zero-order chi connectivity index (χ0) is 8.53. The van der Waals surface area contributed by atoms with E-state index in [0.29, 0.717) is 19.5 Å². The van der Waals surface area contributed by atoms with Crippen LogP contribution in [0.1, 0.15) is 28.1 Å². The van der Waals surface area contributed by atoms with Crippen molar-refractivity contribution in [1.82, 2.24) is 0 Å². The zero-order valence-electron chi connectivity index (χ0n) is 9.21. The molecule has 1 atom stereocenters. The zero-order valence-corrected chi connectivity index (χ0v) is 10.2. The van der Waals surface area contributed by atoms with Crippen molar-refractivity contribution < 1.29 is 45.3 Å². The SMILES string of the molecule is CCCCOC(C=O)OCC.[H-].[Na+]. The van der Waals surface area contributed by atoms with Crippen molar-refractivity contribution in [3.8, 4) is 0 Å². The van der Waals surface area contributed by atoms with Crippen LogP contribution < -0.4 is 29.6 Å². The molecule has 0 rings (SSSR count). The number of carbonyl (C=O) groups excluding carboxylic acids is 1. The summed E-state index contributed by atoms with van der Waals surface area (Å²) in [4.78, 5) is 10.2. The van der Waals surface area contributed by atoms with Crippen molar-refractivity contribution in [2.45, 2.75) is 33.0 Å². The summed E-state index contributed by atoms with van der Waals surface area (Å²) in [5, 5.41) is 0. The van der Waals surface area contributed by atoms with E-state index in [-0.39, 0.29) is 31.0 Å². The second-order valence-corrected chi connectivity index (χ2v) is 2.18. The smallest absolute Gasteiger partial charge is 1.00 e. The maximum Gasteiger partial charge on any atom is 1.00 e. The Bertz CT molecular complexity index is 103. The Balaban J connectivity index is -0.000000500. The third-order valence-electron chi connectivity index (χ3n) is 1.22. The van der Waals surface area contributed by atoms with Crippen LogP contribution in [-0.2, 0) is 14.3 Å². The largest absolute Gasteiger partial charge is 1.00 e. The van der Waals surface area contributed by atoms with Gasteiger partial charge in [0, 0.05) is 6.61 Å². The van der Waals surface area contributed by atoms with Gasteiger partial charge in [0.05, 0.1) is 6.61 Å². The van der Waals surface area contributed by atoms with Gasteiger partial charge in [-0.05, 0) is 13.3 Å². The third kappa shape index (κ3) is 8.68. The first-order chi connectivity index (χ1) is 5.35. The maximum absolute atomic E-state index is 10.2. The van der Waals surface area contributed by atoms with Gasteiger partial charge in [-0.2, -0.15) is 0 Å². The summed E-state index contributed by atoms with van der Waals surface area (Å²) in [5.74, 6) is 0. The van der Waals surface area contributed by atoms with Crippen LogP contribution >= 0.6 is 0 Å². The van der Waals surface area contributed by atoms with Crippen molar-refractivity contribution in [3.63, 3.8) is 0 Å². The minimum Gasteiger partial charge on any atom is -1.00 e. The Labute approximate surface area is 97.6 Å². The number of aldehydes is 1. The number of carbonyl (C=O) groups is 1. The number of hydrogen-bond donors (Lipinski definition) is 0. The molecule has 0 saturated carbocycles. The standard InChI is InChI=1S/C8H16O3.Na.H/c1-3-5-6-11-8(7-9)10-4-2;;/h7-8H,3-6H2,1-2H3;;/q;+1;-1. The normalized spacial score (nSPS) is 11.8. The summed E-state index contributed by atoms with van der Waals surface area (Å²) in [6, 6.07) is 0. The van der Waals surface area contributed by atoms with Gasteiger partial charge in [0.1, 0.15) is 0 Å². The second-order valence-electron chi connectivity index (χ2n) is 2.18. The first-order valence-corrected chi connectivity index (χ1v) is 4.03. The van der Waals surface area contributed by atoms with E-state index < -0.39 is 6.29 Å². The van der Waals surface area contributed by atoms with E-state index in [2.05, 4.69) is 6.92 Å². The first kappa shape index (κ1) is 15.1. The fourth-order valence-electron chi connectivity index (χ4n) is 0.635. The number of unbranched alkanes of at least 4 members (excludes halogenated alkanes) is 1. The van der Waals surface area contributed by atoms with Gasteiger partial charge < -0.3 is 10.9 Å². The molecule has 1 unspecified atom stereocenters. The summed E-state index contributed by atoms with van der Waals surface area (Å²) in [6.07, 6.45) is 2.06. The van der Waals surface area contributed by atoms with E-state index in [9.17, 15) is 4.79 Å². The molecule has 0 aromatic heterocycles. The third-order valence-corrected chi connectivity index (χ3v) is 1.22. The van der Waals surface area contributed by atoms with Gasteiger partial charge in [0.2, 0.25) is 6.29 Å². The van der Waals surface area contributed by atoms with Crippen LogP contribution in [0.25, 0.3) is 0 Å². The Kier molecular flexibility index (Phi) is 14.6. The van der Waals surface area contributed by atoms with Crippen molar-refractivity contribution in [2.75, 3.05) is 13.2 Å². The van der Waals surface area contributed by atoms with E-state index in [4.69, 9.17) is 9.47 Å². The van der Waals surface area contributed by atoms with E-state index in [0.717, 1.165) is 12.8 Å². The van der Waals surface area contributed by atoms with Crippen LogP contribution in [0.4, 0.5) is 0 Å². The van der Waals surface area contributed by atoms with Gasteiger partial charge in [-0.1, -0.05) is 13.3 Å². The molecule has 0 saturated heterocycles. The minimum atomic E-state index is -0.661. The molecule has 0 N–H and O–H groups in total. The Morgan fingerprint density at radius 3 is 2.50 bits per heavy atom. The molecule has 0 spiro atoms. The van der Waals surface area contributed by atoms with Gasteiger partial charge >= 0.3 is 29.6 Å². The molecule has 0 bridgehead atoms. The maximum atomic E-state index is 10.2. The second kappa shape index (κ2) is 11.6. The number of hydrogen-bond acceptors (Lipinski definition) is 3.